The quantitative estimate of drug-likeness (QED) is 0.667. The smallest absolute Gasteiger partial charge is 0.0779 e. The maximum atomic E-state index is 2.50. The molecular weight excluding hydrogens is 339 g/mol. The third kappa shape index (κ3) is 3.91. The first-order valence-electron chi connectivity index (χ1n) is 8.68. The highest BCUT2D eigenvalue weighted by molar-refractivity contribution is 7.49. The van der Waals surface area contributed by atoms with Crippen LogP contribution in [0.5, 0.6) is 0 Å². The Morgan fingerprint density at radius 1 is 0.583 bits per heavy atom. The van der Waals surface area contributed by atoms with Gasteiger partial charge in [0.15, 0.2) is 0 Å². The fraction of sp³-hybridized carbons (Fsp3) is 0.286. The van der Waals surface area contributed by atoms with Crippen LogP contribution in [-0.2, 0) is 0 Å². The summed E-state index contributed by atoms with van der Waals surface area (Å²) in [6.45, 7) is 14.9. The molecule has 0 nitrogen and oxygen atoms in total. The SMILES string of the molecule is C[Si](C)(C)c1pc([Si](C)(C)C)c([C]2[CH][CH][CH][CH]2)cc1[C]1[CH][CH][CH][CH]1. The van der Waals surface area contributed by atoms with E-state index in [4.69, 9.17) is 0 Å². The maximum absolute atomic E-state index is 2.50. The van der Waals surface area contributed by atoms with Gasteiger partial charge in [0.05, 0.1) is 16.1 Å². The Hall–Kier alpha value is 0.0838. The number of hydrogen-bond acceptors (Lipinski definition) is 0. The molecule has 0 aliphatic heterocycles. The first kappa shape index (κ1) is 18.9. The summed E-state index contributed by atoms with van der Waals surface area (Å²) in [6, 6.07) is 2.50. The molecule has 2 saturated carbocycles. The molecule has 0 spiro atoms. The van der Waals surface area contributed by atoms with Gasteiger partial charge in [-0.1, -0.05) is 53.5 Å². The van der Waals surface area contributed by atoms with Gasteiger partial charge in [-0.15, -0.1) is 0 Å². The van der Waals surface area contributed by atoms with Gasteiger partial charge in [0.1, 0.15) is 0 Å². The van der Waals surface area contributed by atoms with Crippen LogP contribution in [0, 0.1) is 63.2 Å². The van der Waals surface area contributed by atoms with E-state index in [1.807, 2.05) is 0 Å². The molecule has 0 bridgehead atoms. The van der Waals surface area contributed by atoms with Gasteiger partial charge in [0.2, 0.25) is 0 Å². The number of hydrogen-bond donors (Lipinski definition) is 0. The Kier molecular flexibility index (Phi) is 5.51. The van der Waals surface area contributed by atoms with Crippen LogP contribution < -0.4 is 9.84 Å². The Bertz CT molecular complexity index is 534. The molecule has 2 aliphatic rings. The normalized spacial score (nSPS) is 20.9. The zero-order chi connectivity index (χ0) is 17.5. The Morgan fingerprint density at radius 3 is 1.21 bits per heavy atom. The maximum Gasteiger partial charge on any atom is 0.0838 e. The average Bonchev–Trinajstić information content (AvgIpc) is 3.17. The molecule has 0 N–H and O–H groups in total. The van der Waals surface area contributed by atoms with Crippen LogP contribution in [0.3, 0.4) is 0 Å². The molecule has 10 radical (unpaired) electrons. The van der Waals surface area contributed by atoms with E-state index < -0.39 is 16.1 Å². The molecule has 0 unspecified atom stereocenters. The van der Waals surface area contributed by atoms with Gasteiger partial charge in [0, 0.05) is 11.8 Å². The fourth-order valence-electron chi connectivity index (χ4n) is 3.20. The molecule has 3 heteroatoms. The lowest BCUT2D eigenvalue weighted by atomic mass is 9.94. The lowest BCUT2D eigenvalue weighted by molar-refractivity contribution is 1.26. The molecule has 2 fully saturated rings. The van der Waals surface area contributed by atoms with E-state index >= 15 is 0 Å². The fourth-order valence-corrected chi connectivity index (χ4v) is 9.79. The van der Waals surface area contributed by atoms with E-state index in [2.05, 4.69) is 96.7 Å². The van der Waals surface area contributed by atoms with Crippen molar-refractivity contribution < 1.29 is 0 Å². The van der Waals surface area contributed by atoms with Crippen molar-refractivity contribution in [3.8, 4) is 0 Å². The predicted molar refractivity (Wildman–Crippen MR) is 114 cm³/mol. The molecule has 1 aromatic heterocycles. The van der Waals surface area contributed by atoms with Gasteiger partial charge in [0.25, 0.3) is 0 Å². The monoisotopic (exact) mass is 366 g/mol. The first-order chi connectivity index (χ1) is 11.2. The summed E-state index contributed by atoms with van der Waals surface area (Å²) in [5.74, 6) is 2.78. The zero-order valence-electron chi connectivity index (χ0n) is 15.6. The summed E-state index contributed by atoms with van der Waals surface area (Å²) in [5, 5.41) is 0. The third-order valence-electron chi connectivity index (χ3n) is 4.39. The summed E-state index contributed by atoms with van der Waals surface area (Å²) >= 11 is 0. The standard InChI is InChI=1S/C21H27PSi2/c1-23(2,3)20-18(16-11-7-8-12-16)15-19(17-13-9-10-14-17)21(22-20)24(4,5)6/h7-15H,1-6H3. The highest BCUT2D eigenvalue weighted by Gasteiger charge is 2.34. The minimum absolute atomic E-state index is 1.39. The summed E-state index contributed by atoms with van der Waals surface area (Å²) in [7, 11) is -1.28. The van der Waals surface area contributed by atoms with E-state index in [1.54, 1.807) is 9.84 Å². The minimum Gasteiger partial charge on any atom is -0.0779 e. The van der Waals surface area contributed by atoms with Crippen LogP contribution in [0.4, 0.5) is 0 Å². The van der Waals surface area contributed by atoms with Crippen LogP contribution in [0.15, 0.2) is 6.07 Å². The molecule has 0 atom stereocenters. The molecule has 0 amide bonds. The van der Waals surface area contributed by atoms with Crippen molar-refractivity contribution in [2.45, 2.75) is 39.3 Å². The van der Waals surface area contributed by atoms with Gasteiger partial charge in [-0.2, -0.15) is 0 Å². The Labute approximate surface area is 154 Å². The lowest BCUT2D eigenvalue weighted by Crippen LogP contribution is -2.45. The first-order valence-corrected chi connectivity index (χ1v) is 16.6. The predicted octanol–water partition coefficient (Wildman–Crippen LogP) is 4.86. The largest absolute Gasteiger partial charge is 0.0838 e. The van der Waals surface area contributed by atoms with Gasteiger partial charge in [-0.05, 0) is 72.3 Å². The van der Waals surface area contributed by atoms with Crippen molar-refractivity contribution in [2.75, 3.05) is 0 Å². The van der Waals surface area contributed by atoms with E-state index in [9.17, 15) is 0 Å². The van der Waals surface area contributed by atoms with Gasteiger partial charge in [-0.3, -0.25) is 0 Å². The van der Waals surface area contributed by atoms with Crippen LogP contribution >= 0.6 is 8.19 Å². The van der Waals surface area contributed by atoms with Gasteiger partial charge < -0.3 is 0 Å². The summed E-state index contributed by atoms with van der Waals surface area (Å²) in [4.78, 5) is 3.39. The Morgan fingerprint density at radius 2 is 0.917 bits per heavy atom. The van der Waals surface area contributed by atoms with Gasteiger partial charge >= 0.3 is 0 Å². The molecule has 2 aliphatic carbocycles. The van der Waals surface area contributed by atoms with Crippen LogP contribution in [0.25, 0.3) is 0 Å². The average molecular weight is 367 g/mol. The van der Waals surface area contributed by atoms with Crippen LogP contribution in [0.1, 0.15) is 11.1 Å². The number of rotatable bonds is 4. The van der Waals surface area contributed by atoms with E-state index in [1.165, 1.54) is 31.2 Å². The zero-order valence-corrected chi connectivity index (χ0v) is 18.5. The second-order valence-corrected chi connectivity index (χ2v) is 20.6. The summed E-state index contributed by atoms with van der Waals surface area (Å²) in [5.41, 5.74) is 2.97. The molecule has 0 aromatic carbocycles. The van der Waals surface area contributed by atoms with E-state index in [0.717, 1.165) is 0 Å². The third-order valence-corrected chi connectivity index (χ3v) is 13.4. The van der Waals surface area contributed by atoms with Crippen molar-refractivity contribution in [3.63, 3.8) is 0 Å². The topological polar surface area (TPSA) is 0 Å². The van der Waals surface area contributed by atoms with Crippen LogP contribution in [0.2, 0.25) is 39.3 Å². The lowest BCUT2D eigenvalue weighted by Gasteiger charge is -2.31. The minimum atomic E-state index is -1.39. The second kappa shape index (κ2) is 7.01. The van der Waals surface area contributed by atoms with E-state index in [-0.39, 0.29) is 0 Å². The van der Waals surface area contributed by atoms with Crippen LogP contribution in [-0.4, -0.2) is 16.1 Å². The van der Waals surface area contributed by atoms with Crippen molar-refractivity contribution in [1.29, 1.82) is 0 Å². The van der Waals surface area contributed by atoms with Gasteiger partial charge in [-0.25, -0.2) is 0 Å². The van der Waals surface area contributed by atoms with Crippen molar-refractivity contribution >= 4 is 34.2 Å². The highest BCUT2D eigenvalue weighted by atomic mass is 31.0. The molecule has 124 valence electrons. The molecular formula is C21H27PSi2. The second-order valence-electron chi connectivity index (χ2n) is 8.63. The molecule has 0 saturated heterocycles. The van der Waals surface area contributed by atoms with Crippen molar-refractivity contribution in [3.05, 3.63) is 80.4 Å². The molecule has 3 rings (SSSR count). The Balaban J connectivity index is 2.18. The molecule has 1 heterocycles. The summed E-state index contributed by atoms with van der Waals surface area (Å²) < 4.78 is 0. The van der Waals surface area contributed by atoms with E-state index in [0.29, 0.717) is 0 Å². The molecule has 1 aromatic rings. The highest BCUT2D eigenvalue weighted by Crippen LogP contribution is 2.37. The van der Waals surface area contributed by atoms with Crippen molar-refractivity contribution in [2.24, 2.45) is 0 Å². The summed E-state index contributed by atoms with van der Waals surface area (Å²) in [6.07, 6.45) is 17.7. The van der Waals surface area contributed by atoms with Crippen molar-refractivity contribution in [1.82, 2.24) is 0 Å². The molecule has 24 heavy (non-hydrogen) atoms.